The van der Waals surface area contributed by atoms with Gasteiger partial charge < -0.3 is 9.72 Å². The van der Waals surface area contributed by atoms with Crippen molar-refractivity contribution in [2.24, 2.45) is 0 Å². The Hall–Kier alpha value is -1.65. The van der Waals surface area contributed by atoms with E-state index in [9.17, 15) is 9.59 Å². The Labute approximate surface area is 74.8 Å². The SMILES string of the molecule is Cc1ncc(=O)[nH]c1C(C)OC=O. The minimum atomic E-state index is -0.473. The molecule has 70 valence electrons. The van der Waals surface area contributed by atoms with Crippen molar-refractivity contribution in [1.82, 2.24) is 9.97 Å². The normalized spacial score (nSPS) is 12.2. The van der Waals surface area contributed by atoms with Crippen LogP contribution in [-0.2, 0) is 9.53 Å². The van der Waals surface area contributed by atoms with E-state index in [-0.39, 0.29) is 5.56 Å². The summed E-state index contributed by atoms with van der Waals surface area (Å²) in [6, 6.07) is 0. The Bertz CT molecular complexity index is 359. The predicted molar refractivity (Wildman–Crippen MR) is 45.2 cm³/mol. The number of hydrogen-bond donors (Lipinski definition) is 1. The quantitative estimate of drug-likeness (QED) is 0.683. The molecule has 1 unspecified atom stereocenters. The van der Waals surface area contributed by atoms with Gasteiger partial charge in [0.1, 0.15) is 6.10 Å². The van der Waals surface area contributed by atoms with Crippen LogP contribution in [0.2, 0.25) is 0 Å². The lowest BCUT2D eigenvalue weighted by Crippen LogP contribution is -2.14. The smallest absolute Gasteiger partial charge is 0.293 e. The van der Waals surface area contributed by atoms with Crippen LogP contribution in [0.1, 0.15) is 24.4 Å². The fraction of sp³-hybridized carbons (Fsp3) is 0.375. The molecule has 1 N–H and O–H groups in total. The van der Waals surface area contributed by atoms with Gasteiger partial charge in [-0.05, 0) is 13.8 Å². The van der Waals surface area contributed by atoms with Gasteiger partial charge in [0.05, 0.1) is 17.6 Å². The number of ether oxygens (including phenoxy) is 1. The molecule has 0 amide bonds. The minimum Gasteiger partial charge on any atom is -0.458 e. The van der Waals surface area contributed by atoms with Crippen molar-refractivity contribution < 1.29 is 9.53 Å². The van der Waals surface area contributed by atoms with Gasteiger partial charge in [0.15, 0.2) is 0 Å². The molecular formula is C8H10N2O3. The molecule has 0 fully saturated rings. The number of aromatic amines is 1. The van der Waals surface area contributed by atoms with Gasteiger partial charge in [-0.15, -0.1) is 0 Å². The molecule has 0 aromatic carbocycles. The van der Waals surface area contributed by atoms with Crippen molar-refractivity contribution in [3.05, 3.63) is 27.9 Å². The van der Waals surface area contributed by atoms with Gasteiger partial charge >= 0.3 is 0 Å². The first-order valence-corrected chi connectivity index (χ1v) is 3.80. The lowest BCUT2D eigenvalue weighted by Gasteiger charge is -2.10. The zero-order chi connectivity index (χ0) is 9.84. The third kappa shape index (κ3) is 2.14. The van der Waals surface area contributed by atoms with E-state index in [1.165, 1.54) is 6.20 Å². The van der Waals surface area contributed by atoms with Crippen LogP contribution >= 0.6 is 0 Å². The van der Waals surface area contributed by atoms with Gasteiger partial charge in [-0.2, -0.15) is 0 Å². The van der Waals surface area contributed by atoms with Crippen molar-refractivity contribution in [3.63, 3.8) is 0 Å². The second kappa shape index (κ2) is 3.84. The van der Waals surface area contributed by atoms with Gasteiger partial charge in [-0.1, -0.05) is 0 Å². The highest BCUT2D eigenvalue weighted by Gasteiger charge is 2.10. The van der Waals surface area contributed by atoms with Gasteiger partial charge in [0, 0.05) is 0 Å². The second-order valence-corrected chi connectivity index (χ2v) is 2.62. The molecule has 0 saturated carbocycles. The summed E-state index contributed by atoms with van der Waals surface area (Å²) in [6.45, 7) is 3.74. The molecule has 5 nitrogen and oxygen atoms in total. The second-order valence-electron chi connectivity index (χ2n) is 2.62. The van der Waals surface area contributed by atoms with E-state index in [4.69, 9.17) is 0 Å². The first kappa shape index (κ1) is 9.44. The average Bonchev–Trinajstić information content (AvgIpc) is 2.09. The number of aromatic nitrogens is 2. The Balaban J connectivity index is 3.05. The van der Waals surface area contributed by atoms with Crippen LogP contribution < -0.4 is 5.56 Å². The third-order valence-corrected chi connectivity index (χ3v) is 1.69. The van der Waals surface area contributed by atoms with E-state index in [0.717, 1.165) is 0 Å². The Morgan fingerprint density at radius 2 is 2.38 bits per heavy atom. The zero-order valence-corrected chi connectivity index (χ0v) is 7.40. The summed E-state index contributed by atoms with van der Waals surface area (Å²) in [5.74, 6) is 0. The number of nitrogens with zero attached hydrogens (tertiary/aromatic N) is 1. The van der Waals surface area contributed by atoms with E-state index < -0.39 is 6.10 Å². The molecule has 0 radical (unpaired) electrons. The molecule has 0 aliphatic carbocycles. The van der Waals surface area contributed by atoms with Crippen molar-refractivity contribution in [1.29, 1.82) is 0 Å². The molecule has 13 heavy (non-hydrogen) atoms. The van der Waals surface area contributed by atoms with Crippen molar-refractivity contribution in [3.8, 4) is 0 Å². The van der Waals surface area contributed by atoms with Gasteiger partial charge in [-0.3, -0.25) is 14.6 Å². The zero-order valence-electron chi connectivity index (χ0n) is 7.40. The number of H-pyrrole nitrogens is 1. The fourth-order valence-corrected chi connectivity index (χ4v) is 1.03. The van der Waals surface area contributed by atoms with Crippen molar-refractivity contribution in [2.75, 3.05) is 0 Å². The average molecular weight is 182 g/mol. The maximum Gasteiger partial charge on any atom is 0.293 e. The number of carbonyl (C=O) groups excluding carboxylic acids is 1. The summed E-state index contributed by atoms with van der Waals surface area (Å²) < 4.78 is 4.67. The van der Waals surface area contributed by atoms with E-state index in [1.807, 2.05) is 0 Å². The molecule has 0 bridgehead atoms. The molecule has 0 aliphatic rings. The van der Waals surface area contributed by atoms with E-state index in [2.05, 4.69) is 14.7 Å². The highest BCUT2D eigenvalue weighted by molar-refractivity contribution is 5.38. The third-order valence-electron chi connectivity index (χ3n) is 1.69. The van der Waals surface area contributed by atoms with Crippen LogP contribution in [0, 0.1) is 6.92 Å². The predicted octanol–water partition coefficient (Wildman–Crippen LogP) is 0.312. The number of nitrogens with one attached hydrogen (secondary N) is 1. The van der Waals surface area contributed by atoms with Gasteiger partial charge in [0.25, 0.3) is 12.0 Å². The van der Waals surface area contributed by atoms with Crippen molar-refractivity contribution in [2.45, 2.75) is 20.0 Å². The monoisotopic (exact) mass is 182 g/mol. The molecule has 0 aliphatic heterocycles. The summed E-state index contributed by atoms with van der Waals surface area (Å²) in [5, 5.41) is 0. The standard InChI is InChI=1S/C8H10N2O3/c1-5-8(6(2)13-4-11)10-7(12)3-9-5/h3-4,6H,1-2H3,(H,10,12). The molecule has 0 spiro atoms. The maximum atomic E-state index is 10.9. The molecule has 0 saturated heterocycles. The first-order chi connectivity index (χ1) is 6.15. The maximum absolute atomic E-state index is 10.9. The van der Waals surface area contributed by atoms with Crippen LogP contribution in [0.4, 0.5) is 0 Å². The molecule has 1 rings (SSSR count). The largest absolute Gasteiger partial charge is 0.458 e. The van der Waals surface area contributed by atoms with Crippen LogP contribution in [0.25, 0.3) is 0 Å². The minimum absolute atomic E-state index is 0.304. The summed E-state index contributed by atoms with van der Waals surface area (Å²) in [7, 11) is 0. The Morgan fingerprint density at radius 3 is 3.00 bits per heavy atom. The van der Waals surface area contributed by atoms with Gasteiger partial charge in [0.2, 0.25) is 0 Å². The first-order valence-electron chi connectivity index (χ1n) is 3.80. The van der Waals surface area contributed by atoms with Crippen LogP contribution in [0.15, 0.2) is 11.0 Å². The molecule has 5 heteroatoms. The summed E-state index contributed by atoms with van der Waals surface area (Å²) >= 11 is 0. The van der Waals surface area contributed by atoms with Crippen LogP contribution in [0.5, 0.6) is 0 Å². The number of rotatable bonds is 3. The highest BCUT2D eigenvalue weighted by Crippen LogP contribution is 2.13. The Morgan fingerprint density at radius 1 is 1.69 bits per heavy atom. The number of aryl methyl sites for hydroxylation is 1. The van der Waals surface area contributed by atoms with Crippen LogP contribution in [-0.4, -0.2) is 16.4 Å². The fourth-order valence-electron chi connectivity index (χ4n) is 1.03. The highest BCUT2D eigenvalue weighted by atomic mass is 16.5. The summed E-state index contributed by atoms with van der Waals surface area (Å²) in [4.78, 5) is 27.3. The van der Waals surface area contributed by atoms with Crippen molar-refractivity contribution >= 4 is 6.47 Å². The van der Waals surface area contributed by atoms with E-state index in [1.54, 1.807) is 13.8 Å². The van der Waals surface area contributed by atoms with E-state index in [0.29, 0.717) is 17.9 Å². The topological polar surface area (TPSA) is 72.1 Å². The molecule has 1 atom stereocenters. The van der Waals surface area contributed by atoms with Gasteiger partial charge in [-0.25, -0.2) is 0 Å². The molecular weight excluding hydrogens is 172 g/mol. The lowest BCUT2D eigenvalue weighted by molar-refractivity contribution is -0.133. The number of hydrogen-bond acceptors (Lipinski definition) is 4. The molecule has 1 aromatic heterocycles. The summed E-state index contributed by atoms with van der Waals surface area (Å²) in [6.07, 6.45) is 0.714. The number of carbonyl (C=O) groups is 1. The summed E-state index contributed by atoms with van der Waals surface area (Å²) in [5.41, 5.74) is 0.871. The molecule has 1 heterocycles. The lowest BCUT2D eigenvalue weighted by atomic mass is 10.2. The Kier molecular flexibility index (Phi) is 2.79. The van der Waals surface area contributed by atoms with Crippen LogP contribution in [0.3, 0.4) is 0 Å². The van der Waals surface area contributed by atoms with E-state index >= 15 is 0 Å². The molecule has 1 aromatic rings.